The first-order chi connectivity index (χ1) is 21.4. The fourth-order valence-electron chi connectivity index (χ4n) is 3.48. The van der Waals surface area contributed by atoms with Crippen molar-refractivity contribution in [2.45, 2.75) is 195 Å². The Balaban J connectivity index is -0.000000108. The van der Waals surface area contributed by atoms with Gasteiger partial charge in [0.15, 0.2) is 0 Å². The molecule has 0 unspecified atom stereocenters. The third-order valence-corrected chi connectivity index (χ3v) is 6.17. The van der Waals surface area contributed by atoms with E-state index < -0.39 is 29.8 Å². The minimum atomic E-state index is -0.925. The molecule has 0 aromatic rings. The molecular weight excluding hydrogens is 761 g/mol. The van der Waals surface area contributed by atoms with Crippen LogP contribution in [0.3, 0.4) is 0 Å². The molecule has 11 heteroatoms. The zero-order valence-corrected chi connectivity index (χ0v) is 32.9. The molecule has 10 nitrogen and oxygen atoms in total. The number of carbonyl (C=O) groups excluding carboxylic acids is 5. The van der Waals surface area contributed by atoms with Crippen molar-refractivity contribution in [2.75, 3.05) is 0 Å². The smallest absolute Gasteiger partial charge is 0.550 e. The van der Waals surface area contributed by atoms with E-state index in [1.54, 1.807) is 0 Å². The number of rotatable bonds is 25. The maximum atomic E-state index is 9.85. The summed E-state index contributed by atoms with van der Waals surface area (Å²) in [6, 6.07) is 0. The van der Waals surface area contributed by atoms with Crippen molar-refractivity contribution in [3.8, 4) is 0 Å². The summed E-state index contributed by atoms with van der Waals surface area (Å²) in [5.74, 6) is -4.62. The first kappa shape index (κ1) is 56.4. The summed E-state index contributed by atoms with van der Waals surface area (Å²) in [5.41, 5.74) is 0. The van der Waals surface area contributed by atoms with Crippen molar-refractivity contribution >= 4 is 29.8 Å². The third kappa shape index (κ3) is 90.1. The molecule has 0 radical (unpaired) electrons. The van der Waals surface area contributed by atoms with Crippen LogP contribution in [0.5, 0.6) is 0 Å². The van der Waals surface area contributed by atoms with E-state index in [2.05, 4.69) is 34.6 Å². The number of carboxylic acids is 5. The first-order valence-corrected chi connectivity index (χ1v) is 17.3. The van der Waals surface area contributed by atoms with Crippen molar-refractivity contribution in [2.24, 2.45) is 0 Å². The van der Waals surface area contributed by atoms with Crippen LogP contribution in [0.1, 0.15) is 195 Å². The quantitative estimate of drug-likeness (QED) is 0.123. The third-order valence-electron chi connectivity index (χ3n) is 6.17. The number of carboxylic acid groups (broad SMARTS) is 5. The van der Waals surface area contributed by atoms with E-state index in [4.69, 9.17) is 0 Å². The van der Waals surface area contributed by atoms with E-state index in [9.17, 15) is 49.5 Å². The first-order valence-electron chi connectivity index (χ1n) is 17.3. The Morgan fingerprint density at radius 3 is 0.500 bits per heavy atom. The van der Waals surface area contributed by atoms with Gasteiger partial charge >= 0.3 is 22.4 Å². The maximum Gasteiger partial charge on any atom is 5.00 e. The summed E-state index contributed by atoms with van der Waals surface area (Å²) in [6.07, 6.45) is 21.5. The average molecular weight is 827 g/mol. The molecular formula is C35H65O10Ta. The summed E-state index contributed by atoms with van der Waals surface area (Å²) in [4.78, 5) is 49.3. The van der Waals surface area contributed by atoms with Gasteiger partial charge in [0.25, 0.3) is 0 Å². The molecule has 0 saturated carbocycles. The van der Waals surface area contributed by atoms with Gasteiger partial charge in [0.2, 0.25) is 0 Å². The molecule has 0 fully saturated rings. The normalized spacial score (nSPS) is 9.24. The van der Waals surface area contributed by atoms with Crippen molar-refractivity contribution in [3.05, 3.63) is 0 Å². The molecule has 0 aliphatic heterocycles. The minimum Gasteiger partial charge on any atom is -0.550 e. The summed E-state index contributed by atoms with van der Waals surface area (Å²) in [5, 5.41) is 49.3. The molecule has 0 aliphatic carbocycles. The van der Waals surface area contributed by atoms with Gasteiger partial charge < -0.3 is 49.5 Å². The van der Waals surface area contributed by atoms with Gasteiger partial charge in [-0.1, -0.05) is 131 Å². The number of hydrogen-bond acceptors (Lipinski definition) is 10. The molecule has 270 valence electrons. The predicted molar refractivity (Wildman–Crippen MR) is 169 cm³/mol. The van der Waals surface area contributed by atoms with Crippen molar-refractivity contribution < 1.29 is 71.9 Å². The van der Waals surface area contributed by atoms with E-state index >= 15 is 0 Å². The number of aliphatic carboxylic acids is 5. The van der Waals surface area contributed by atoms with Gasteiger partial charge in [0.1, 0.15) is 0 Å². The summed E-state index contributed by atoms with van der Waals surface area (Å²) < 4.78 is 0. The Bertz CT molecular complexity index is 530. The fraction of sp³-hybridized carbons (Fsp3) is 0.857. The molecule has 0 heterocycles. The van der Waals surface area contributed by atoms with Crippen LogP contribution >= 0.6 is 0 Å². The van der Waals surface area contributed by atoms with Gasteiger partial charge in [-0.25, -0.2) is 0 Å². The van der Waals surface area contributed by atoms with Gasteiger partial charge in [-0.2, -0.15) is 0 Å². The molecule has 0 amide bonds. The molecule has 0 N–H and O–H groups in total. The van der Waals surface area contributed by atoms with Crippen molar-refractivity contribution in [1.82, 2.24) is 0 Å². The molecule has 0 saturated heterocycles. The van der Waals surface area contributed by atoms with Crippen LogP contribution in [0, 0.1) is 0 Å². The Labute approximate surface area is 296 Å². The molecule has 0 rings (SSSR count). The maximum absolute atomic E-state index is 9.85. The topological polar surface area (TPSA) is 201 Å². The zero-order valence-electron chi connectivity index (χ0n) is 29.7. The second kappa shape index (κ2) is 52.6. The summed E-state index contributed by atoms with van der Waals surface area (Å²) >= 11 is 0. The summed E-state index contributed by atoms with van der Waals surface area (Å²) in [7, 11) is 0. The Hall–Kier alpha value is -1.91. The van der Waals surface area contributed by atoms with Crippen LogP contribution in [0.2, 0.25) is 0 Å². The molecule has 0 atom stereocenters. The molecule has 0 bridgehead atoms. The van der Waals surface area contributed by atoms with Gasteiger partial charge in [0, 0.05) is 29.8 Å². The average Bonchev–Trinajstić information content (AvgIpc) is 2.97. The number of unbranched alkanes of at least 4 members (excludes halogenated alkanes) is 15. The second-order valence-corrected chi connectivity index (χ2v) is 10.9. The van der Waals surface area contributed by atoms with E-state index in [1.165, 1.54) is 0 Å². The Morgan fingerprint density at radius 2 is 0.413 bits per heavy atom. The van der Waals surface area contributed by atoms with Crippen LogP contribution in [0.15, 0.2) is 0 Å². The SMILES string of the molecule is CCCCCCC(=O)[O-].CCCCCCC(=O)[O-].CCCCCCC(=O)[O-].CCCCCCC(=O)[O-].CCCCCCC(=O)[O-].[Ta+5]. The Kier molecular flexibility index (Phi) is 64.5. The zero-order chi connectivity index (χ0) is 35.6. The molecule has 46 heavy (non-hydrogen) atoms. The fourth-order valence-corrected chi connectivity index (χ4v) is 3.48. The van der Waals surface area contributed by atoms with Crippen molar-refractivity contribution in [3.63, 3.8) is 0 Å². The van der Waals surface area contributed by atoms with Crippen LogP contribution in [0.25, 0.3) is 0 Å². The van der Waals surface area contributed by atoms with E-state index in [0.717, 1.165) is 128 Å². The van der Waals surface area contributed by atoms with Gasteiger partial charge in [-0.05, 0) is 64.2 Å². The molecule has 0 aromatic carbocycles. The monoisotopic (exact) mass is 826 g/mol. The van der Waals surface area contributed by atoms with Crippen molar-refractivity contribution in [1.29, 1.82) is 0 Å². The van der Waals surface area contributed by atoms with Crippen LogP contribution in [0.4, 0.5) is 0 Å². The van der Waals surface area contributed by atoms with E-state index in [-0.39, 0.29) is 54.5 Å². The van der Waals surface area contributed by atoms with E-state index in [1.807, 2.05) is 0 Å². The van der Waals surface area contributed by atoms with Crippen LogP contribution in [-0.2, 0) is 46.4 Å². The van der Waals surface area contributed by atoms with Gasteiger partial charge in [0.05, 0.1) is 0 Å². The van der Waals surface area contributed by atoms with Gasteiger partial charge in [-0.15, -0.1) is 0 Å². The number of carbonyl (C=O) groups is 5. The molecule has 0 aliphatic rings. The Morgan fingerprint density at radius 1 is 0.283 bits per heavy atom. The number of hydrogen-bond donors (Lipinski definition) is 0. The minimum absolute atomic E-state index is 0. The standard InChI is InChI=1S/5C7H14O2.Ta/c5*1-2-3-4-5-6-7(8)9;/h5*2-6H2,1H3,(H,8,9);/q;;;;;+5/p-5. The predicted octanol–water partition coefficient (Wildman–Crippen LogP) is 3.53. The van der Waals surface area contributed by atoms with Gasteiger partial charge in [-0.3, -0.25) is 0 Å². The summed E-state index contributed by atoms with van der Waals surface area (Å²) in [6.45, 7) is 10.5. The molecule has 0 aromatic heterocycles. The largest absolute Gasteiger partial charge is 5.00 e. The van der Waals surface area contributed by atoms with Crippen LogP contribution < -0.4 is 25.5 Å². The van der Waals surface area contributed by atoms with Crippen LogP contribution in [-0.4, -0.2) is 29.8 Å². The second-order valence-electron chi connectivity index (χ2n) is 10.9. The molecule has 0 spiro atoms. The van der Waals surface area contributed by atoms with E-state index in [0.29, 0.717) is 0 Å².